The number of amides is 2. The largest absolute Gasteiger partial charge is 1.00 e. The van der Waals surface area contributed by atoms with Crippen molar-refractivity contribution in [2.24, 2.45) is 12.1 Å². The summed E-state index contributed by atoms with van der Waals surface area (Å²) in [6, 6.07) is 12.7. The first-order valence-corrected chi connectivity index (χ1v) is 11.9. The van der Waals surface area contributed by atoms with Crippen LogP contribution in [-0.2, 0) is 19.8 Å². The summed E-state index contributed by atoms with van der Waals surface area (Å²) in [6.07, 6.45) is -2.86. The Morgan fingerprint density at radius 3 is 2.36 bits per heavy atom. The summed E-state index contributed by atoms with van der Waals surface area (Å²) in [7, 11) is 1.52. The van der Waals surface area contributed by atoms with E-state index >= 15 is 0 Å². The Morgan fingerprint density at radius 1 is 1.08 bits per heavy atom. The number of benzene rings is 1. The number of aromatic nitrogens is 3. The third-order valence-corrected chi connectivity index (χ3v) is 6.47. The van der Waals surface area contributed by atoms with Crippen LogP contribution in [0.1, 0.15) is 44.6 Å². The van der Waals surface area contributed by atoms with Gasteiger partial charge in [0, 0.05) is 18.8 Å². The molecule has 0 spiro atoms. The zero-order valence-electron chi connectivity index (χ0n) is 22.1. The number of pyridine rings is 1. The molecule has 2 amide bonds. The molecule has 0 saturated heterocycles. The summed E-state index contributed by atoms with van der Waals surface area (Å²) in [5.74, 6) is -1.23. The number of carbonyl (C=O) groups is 2. The van der Waals surface area contributed by atoms with Crippen molar-refractivity contribution in [3.8, 4) is 17.0 Å². The molecule has 3 heterocycles. The number of hydrazone groups is 1. The molecule has 3 aromatic heterocycles. The standard InChI is InChI=1S/C25H21F3N6O3S.K.H/c1-14(20-22(35)21(34(2)33-20)15-6-8-16(9-7-15)25(26,27)28)31-32-24(37)19-11-10-18(38-19)23(36)30-13-17-5-3-4-12-29-17;;/h3-12,35H,13H2,1-2H3,(H,30,36)(H,32,37);;/q;+1;-1/b31-14-;;. The van der Waals surface area contributed by atoms with Crippen molar-refractivity contribution < 1.29 is 80.7 Å². The molecule has 0 radical (unpaired) electrons. The van der Waals surface area contributed by atoms with Crippen molar-refractivity contribution in [3.63, 3.8) is 0 Å². The molecule has 14 heteroatoms. The van der Waals surface area contributed by atoms with Crippen LogP contribution >= 0.6 is 11.3 Å². The average molecular weight is 583 g/mol. The number of aryl methyl sites for hydroxylation is 1. The van der Waals surface area contributed by atoms with Crippen molar-refractivity contribution in [1.29, 1.82) is 0 Å². The van der Waals surface area contributed by atoms with Gasteiger partial charge < -0.3 is 11.8 Å². The van der Waals surface area contributed by atoms with Crippen molar-refractivity contribution in [2.45, 2.75) is 19.6 Å². The Bertz CT molecular complexity index is 1510. The van der Waals surface area contributed by atoms with Gasteiger partial charge in [-0.05, 0) is 43.3 Å². The van der Waals surface area contributed by atoms with Crippen LogP contribution in [0.2, 0.25) is 0 Å². The fourth-order valence-corrected chi connectivity index (χ4v) is 4.29. The van der Waals surface area contributed by atoms with Crippen molar-refractivity contribution in [2.75, 3.05) is 0 Å². The van der Waals surface area contributed by atoms with Gasteiger partial charge in [-0.25, -0.2) is 5.43 Å². The number of aromatic hydroxyl groups is 1. The third-order valence-electron chi connectivity index (χ3n) is 5.39. The molecule has 0 saturated carbocycles. The van der Waals surface area contributed by atoms with E-state index in [0.717, 1.165) is 23.5 Å². The minimum Gasteiger partial charge on any atom is -1.00 e. The minimum absolute atomic E-state index is 0. The van der Waals surface area contributed by atoms with Crippen LogP contribution in [0.25, 0.3) is 11.3 Å². The topological polar surface area (TPSA) is 122 Å². The van der Waals surface area contributed by atoms with E-state index in [2.05, 4.69) is 25.9 Å². The molecular weight excluding hydrogens is 560 g/mol. The van der Waals surface area contributed by atoms with Gasteiger partial charge in [-0.2, -0.15) is 23.4 Å². The Hall–Kier alpha value is -2.88. The predicted molar refractivity (Wildman–Crippen MR) is 136 cm³/mol. The molecule has 0 unspecified atom stereocenters. The molecule has 4 rings (SSSR count). The van der Waals surface area contributed by atoms with E-state index in [1.807, 2.05) is 6.07 Å². The van der Waals surface area contributed by atoms with Crippen LogP contribution < -0.4 is 62.1 Å². The number of halogens is 3. The smallest absolute Gasteiger partial charge is 1.00 e. The summed E-state index contributed by atoms with van der Waals surface area (Å²) < 4.78 is 39.9. The van der Waals surface area contributed by atoms with Crippen LogP contribution in [-0.4, -0.2) is 37.4 Å². The van der Waals surface area contributed by atoms with E-state index in [0.29, 0.717) is 16.1 Å². The number of alkyl halides is 3. The first kappa shape index (κ1) is 30.7. The first-order chi connectivity index (χ1) is 18.0. The Labute approximate surface area is 269 Å². The third kappa shape index (κ3) is 7.41. The SMILES string of the molecule is C/C(=N/NC(=O)c1ccc(C(=O)NCc2ccccn2)s1)c1nn(C)c(-c2ccc(C(F)(F)F)cc2)c1O.[H-].[K+]. The molecule has 39 heavy (non-hydrogen) atoms. The van der Waals surface area contributed by atoms with E-state index in [1.165, 1.54) is 42.9 Å². The van der Waals surface area contributed by atoms with E-state index in [4.69, 9.17) is 0 Å². The van der Waals surface area contributed by atoms with Crippen LogP contribution in [0.15, 0.2) is 65.9 Å². The molecule has 0 aliphatic rings. The summed E-state index contributed by atoms with van der Waals surface area (Å²) in [4.78, 5) is 29.6. The van der Waals surface area contributed by atoms with Gasteiger partial charge in [0.25, 0.3) is 11.8 Å². The summed E-state index contributed by atoms with van der Waals surface area (Å²) in [6.45, 7) is 1.74. The molecule has 4 aromatic rings. The molecule has 0 aliphatic heterocycles. The molecular formula is C25H22F3KN6O3S. The second kappa shape index (κ2) is 13.0. The second-order valence-corrected chi connectivity index (χ2v) is 9.13. The predicted octanol–water partition coefficient (Wildman–Crippen LogP) is 1.47. The van der Waals surface area contributed by atoms with Gasteiger partial charge in [-0.3, -0.25) is 19.3 Å². The molecule has 9 nitrogen and oxygen atoms in total. The summed E-state index contributed by atoms with van der Waals surface area (Å²) >= 11 is 0.979. The monoisotopic (exact) mass is 582 g/mol. The fourth-order valence-electron chi connectivity index (χ4n) is 3.48. The molecule has 198 valence electrons. The van der Waals surface area contributed by atoms with E-state index in [9.17, 15) is 27.9 Å². The van der Waals surface area contributed by atoms with Gasteiger partial charge in [0.1, 0.15) is 5.69 Å². The van der Waals surface area contributed by atoms with Crippen LogP contribution in [0, 0.1) is 0 Å². The minimum atomic E-state index is -4.48. The van der Waals surface area contributed by atoms with Crippen molar-refractivity contribution in [3.05, 3.63) is 87.5 Å². The first-order valence-electron chi connectivity index (χ1n) is 11.1. The molecule has 0 bridgehead atoms. The number of carbonyl (C=O) groups excluding carboxylic acids is 2. The molecule has 0 fully saturated rings. The zero-order valence-corrected chi connectivity index (χ0v) is 25.0. The Morgan fingerprint density at radius 2 is 1.74 bits per heavy atom. The molecule has 3 N–H and O–H groups in total. The fraction of sp³-hybridized carbons (Fsp3) is 0.160. The number of rotatable bonds is 7. The van der Waals surface area contributed by atoms with Gasteiger partial charge in [0.2, 0.25) is 0 Å². The molecule has 0 atom stereocenters. The average Bonchev–Trinajstić information content (AvgIpc) is 3.50. The number of nitrogens with zero attached hydrogens (tertiary/aromatic N) is 4. The molecule has 1 aromatic carbocycles. The maximum absolute atomic E-state index is 12.9. The number of hydrogen-bond donors (Lipinski definition) is 3. The number of hydrogen-bond acceptors (Lipinski definition) is 7. The zero-order chi connectivity index (χ0) is 27.4. The van der Waals surface area contributed by atoms with Gasteiger partial charge in [-0.15, -0.1) is 11.3 Å². The van der Waals surface area contributed by atoms with Gasteiger partial charge >= 0.3 is 57.6 Å². The van der Waals surface area contributed by atoms with Crippen LogP contribution in [0.4, 0.5) is 13.2 Å². The van der Waals surface area contributed by atoms with Crippen molar-refractivity contribution >= 4 is 28.9 Å². The quantitative estimate of drug-likeness (QED) is 0.173. The van der Waals surface area contributed by atoms with Gasteiger partial charge in [0.05, 0.1) is 33.3 Å². The van der Waals surface area contributed by atoms with E-state index < -0.39 is 17.6 Å². The van der Waals surface area contributed by atoms with Crippen molar-refractivity contribution in [1.82, 2.24) is 25.5 Å². The normalized spacial score (nSPS) is 11.6. The Balaban J connectivity index is 0.00000280. The maximum atomic E-state index is 12.9. The number of thiophene rings is 1. The second-order valence-electron chi connectivity index (χ2n) is 8.05. The maximum Gasteiger partial charge on any atom is 1.00 e. The number of nitrogens with one attached hydrogen (secondary N) is 2. The van der Waals surface area contributed by atoms with Gasteiger partial charge in [0.15, 0.2) is 11.4 Å². The summed E-state index contributed by atoms with van der Waals surface area (Å²) in [5.41, 5.74) is 2.96. The van der Waals surface area contributed by atoms with Gasteiger partial charge in [-0.1, -0.05) is 18.2 Å². The summed E-state index contributed by atoms with van der Waals surface area (Å²) in [5, 5.41) is 21.6. The van der Waals surface area contributed by atoms with Crippen LogP contribution in [0.5, 0.6) is 5.75 Å². The van der Waals surface area contributed by atoms with E-state index in [-0.39, 0.29) is 93.0 Å². The Kier molecular flexibility index (Phi) is 10.2. The van der Waals surface area contributed by atoms with E-state index in [1.54, 1.807) is 18.3 Å². The van der Waals surface area contributed by atoms with Crippen LogP contribution in [0.3, 0.4) is 0 Å². The molecule has 0 aliphatic carbocycles.